The minimum absolute atomic E-state index is 0.288. The van der Waals surface area contributed by atoms with E-state index in [2.05, 4.69) is 0 Å². The van der Waals surface area contributed by atoms with E-state index >= 15 is 0 Å². The van der Waals surface area contributed by atoms with Crippen molar-refractivity contribution < 1.29 is 14.3 Å². The van der Waals surface area contributed by atoms with Gasteiger partial charge in [-0.3, -0.25) is 4.79 Å². The summed E-state index contributed by atoms with van der Waals surface area (Å²) in [5.41, 5.74) is 0.475. The number of hydrogen-bond acceptors (Lipinski definition) is 3. The molecule has 0 bridgehead atoms. The molecular formula is C9H12O3. The summed E-state index contributed by atoms with van der Waals surface area (Å²) in [5.74, 6) is 0.972. The van der Waals surface area contributed by atoms with Gasteiger partial charge in [0.1, 0.15) is 17.6 Å². The van der Waals surface area contributed by atoms with E-state index in [-0.39, 0.29) is 5.78 Å². The zero-order chi connectivity index (χ0) is 9.30. The molecule has 0 aliphatic rings. The first-order valence-corrected chi connectivity index (χ1v) is 3.81. The van der Waals surface area contributed by atoms with Crippen LogP contribution in [-0.2, 0) is 0 Å². The Labute approximate surface area is 71.0 Å². The van der Waals surface area contributed by atoms with Crippen molar-refractivity contribution in [3.8, 4) is 0 Å². The smallest absolute Gasteiger partial charge is 0.194 e. The first-order chi connectivity index (χ1) is 5.52. The quantitative estimate of drug-likeness (QED) is 0.680. The van der Waals surface area contributed by atoms with Gasteiger partial charge in [0.2, 0.25) is 0 Å². The Kier molecular flexibility index (Phi) is 2.33. The van der Waals surface area contributed by atoms with Gasteiger partial charge in [0, 0.05) is 0 Å². The monoisotopic (exact) mass is 168 g/mol. The van der Waals surface area contributed by atoms with Crippen LogP contribution in [0.3, 0.4) is 0 Å². The van der Waals surface area contributed by atoms with Crippen molar-refractivity contribution in [1.29, 1.82) is 0 Å². The molecule has 1 N–H and O–H groups in total. The molecule has 66 valence electrons. The SMILES string of the molecule is Cc1cc(C(=O)C(C)O)c(C)o1. The molecule has 1 heterocycles. The molecule has 1 aromatic heterocycles. The van der Waals surface area contributed by atoms with Gasteiger partial charge in [-0.15, -0.1) is 0 Å². The molecule has 0 amide bonds. The van der Waals surface area contributed by atoms with Gasteiger partial charge in [-0.25, -0.2) is 0 Å². The highest BCUT2D eigenvalue weighted by molar-refractivity contribution is 5.99. The van der Waals surface area contributed by atoms with Crippen molar-refractivity contribution >= 4 is 5.78 Å². The first kappa shape index (κ1) is 9.00. The third-order valence-electron chi connectivity index (χ3n) is 1.69. The van der Waals surface area contributed by atoms with E-state index < -0.39 is 6.10 Å². The predicted octanol–water partition coefficient (Wildman–Crippen LogP) is 1.46. The number of carbonyl (C=O) groups is 1. The van der Waals surface area contributed by atoms with E-state index in [1.807, 2.05) is 0 Å². The summed E-state index contributed by atoms with van der Waals surface area (Å²) in [6.07, 6.45) is -0.958. The van der Waals surface area contributed by atoms with E-state index in [4.69, 9.17) is 9.52 Å². The Hall–Kier alpha value is -1.09. The maximum absolute atomic E-state index is 11.3. The maximum atomic E-state index is 11.3. The maximum Gasteiger partial charge on any atom is 0.194 e. The van der Waals surface area contributed by atoms with Crippen molar-refractivity contribution in [3.63, 3.8) is 0 Å². The molecular weight excluding hydrogens is 156 g/mol. The van der Waals surface area contributed by atoms with E-state index in [1.165, 1.54) is 6.92 Å². The lowest BCUT2D eigenvalue weighted by molar-refractivity contribution is 0.0778. The minimum Gasteiger partial charge on any atom is -0.466 e. The number of hydrogen-bond donors (Lipinski definition) is 1. The van der Waals surface area contributed by atoms with Crippen LogP contribution in [0.1, 0.15) is 28.8 Å². The van der Waals surface area contributed by atoms with Crippen molar-refractivity contribution in [2.24, 2.45) is 0 Å². The second-order valence-corrected chi connectivity index (χ2v) is 2.87. The largest absolute Gasteiger partial charge is 0.466 e. The fourth-order valence-electron chi connectivity index (χ4n) is 1.10. The molecule has 0 fully saturated rings. The van der Waals surface area contributed by atoms with Gasteiger partial charge in [0.15, 0.2) is 5.78 Å². The molecule has 0 aromatic carbocycles. The van der Waals surface area contributed by atoms with Crippen LogP contribution < -0.4 is 0 Å². The molecule has 3 heteroatoms. The molecule has 0 radical (unpaired) electrons. The van der Waals surface area contributed by atoms with Gasteiger partial charge in [-0.2, -0.15) is 0 Å². The number of aryl methyl sites for hydroxylation is 2. The summed E-state index contributed by atoms with van der Waals surface area (Å²) >= 11 is 0. The van der Waals surface area contributed by atoms with Crippen LogP contribution in [0.15, 0.2) is 10.5 Å². The standard InChI is InChI=1S/C9H12O3/c1-5-4-8(7(3)12-5)9(11)6(2)10/h4,6,10H,1-3H3. The van der Waals surface area contributed by atoms with Crippen molar-refractivity contribution in [1.82, 2.24) is 0 Å². The zero-order valence-electron chi connectivity index (χ0n) is 7.42. The summed E-state index contributed by atoms with van der Waals surface area (Å²) in [4.78, 5) is 11.3. The van der Waals surface area contributed by atoms with E-state index in [0.717, 1.165) is 0 Å². The molecule has 1 unspecified atom stereocenters. The fraction of sp³-hybridized carbons (Fsp3) is 0.444. The number of rotatable bonds is 2. The number of aliphatic hydroxyl groups excluding tert-OH is 1. The Morgan fingerprint density at radius 1 is 1.58 bits per heavy atom. The summed E-state index contributed by atoms with van der Waals surface area (Å²) in [5, 5.41) is 9.02. The normalized spacial score (nSPS) is 13.0. The molecule has 0 saturated heterocycles. The molecule has 1 atom stereocenters. The van der Waals surface area contributed by atoms with Gasteiger partial charge in [0.25, 0.3) is 0 Å². The third-order valence-corrected chi connectivity index (χ3v) is 1.69. The molecule has 1 aromatic rings. The number of Topliss-reactive ketones (excluding diaryl/α,β-unsaturated/α-hetero) is 1. The van der Waals surface area contributed by atoms with Crippen LogP contribution in [0.4, 0.5) is 0 Å². The number of furan rings is 1. The minimum atomic E-state index is -0.958. The molecule has 12 heavy (non-hydrogen) atoms. The lowest BCUT2D eigenvalue weighted by Gasteiger charge is -1.99. The second-order valence-electron chi connectivity index (χ2n) is 2.87. The lowest BCUT2D eigenvalue weighted by Crippen LogP contribution is -2.16. The van der Waals surface area contributed by atoms with Crippen LogP contribution in [-0.4, -0.2) is 17.0 Å². The number of carbonyl (C=O) groups excluding carboxylic acids is 1. The topological polar surface area (TPSA) is 50.4 Å². The van der Waals surface area contributed by atoms with Crippen LogP contribution in [0, 0.1) is 13.8 Å². The highest BCUT2D eigenvalue weighted by atomic mass is 16.3. The van der Waals surface area contributed by atoms with Gasteiger partial charge in [0.05, 0.1) is 5.56 Å². The van der Waals surface area contributed by atoms with Crippen LogP contribution >= 0.6 is 0 Å². The van der Waals surface area contributed by atoms with Crippen LogP contribution in [0.25, 0.3) is 0 Å². The predicted molar refractivity (Wildman–Crippen MR) is 44.2 cm³/mol. The summed E-state index contributed by atoms with van der Waals surface area (Å²) in [6, 6.07) is 1.64. The van der Waals surface area contributed by atoms with Gasteiger partial charge < -0.3 is 9.52 Å². The number of ketones is 1. The van der Waals surface area contributed by atoms with Crippen molar-refractivity contribution in [3.05, 3.63) is 23.2 Å². The number of aliphatic hydroxyl groups is 1. The highest BCUT2D eigenvalue weighted by Gasteiger charge is 2.17. The molecule has 0 spiro atoms. The van der Waals surface area contributed by atoms with E-state index in [1.54, 1.807) is 19.9 Å². The Bertz CT molecular complexity index is 297. The first-order valence-electron chi connectivity index (χ1n) is 3.81. The van der Waals surface area contributed by atoms with Crippen molar-refractivity contribution in [2.45, 2.75) is 26.9 Å². The fourth-order valence-corrected chi connectivity index (χ4v) is 1.10. The average Bonchev–Trinajstić information content (AvgIpc) is 2.28. The molecule has 0 aliphatic carbocycles. The Morgan fingerprint density at radius 2 is 2.17 bits per heavy atom. The molecule has 0 saturated carbocycles. The Morgan fingerprint density at radius 3 is 2.50 bits per heavy atom. The highest BCUT2D eigenvalue weighted by Crippen LogP contribution is 2.15. The van der Waals surface area contributed by atoms with Crippen molar-refractivity contribution in [2.75, 3.05) is 0 Å². The molecule has 0 aliphatic heterocycles. The Balaban J connectivity index is 3.02. The van der Waals surface area contributed by atoms with Gasteiger partial charge in [-0.1, -0.05) is 0 Å². The van der Waals surface area contributed by atoms with Crippen LogP contribution in [0.5, 0.6) is 0 Å². The van der Waals surface area contributed by atoms with Gasteiger partial charge in [-0.05, 0) is 26.8 Å². The zero-order valence-corrected chi connectivity index (χ0v) is 7.42. The van der Waals surface area contributed by atoms with E-state index in [0.29, 0.717) is 17.1 Å². The summed E-state index contributed by atoms with van der Waals surface area (Å²) < 4.78 is 5.15. The van der Waals surface area contributed by atoms with Gasteiger partial charge >= 0.3 is 0 Å². The summed E-state index contributed by atoms with van der Waals surface area (Å²) in [7, 11) is 0. The average molecular weight is 168 g/mol. The third kappa shape index (κ3) is 1.56. The van der Waals surface area contributed by atoms with E-state index in [9.17, 15) is 4.79 Å². The molecule has 1 rings (SSSR count). The molecule has 3 nitrogen and oxygen atoms in total. The lowest BCUT2D eigenvalue weighted by atomic mass is 10.1. The second kappa shape index (κ2) is 3.11. The van der Waals surface area contributed by atoms with Crippen LogP contribution in [0.2, 0.25) is 0 Å². The summed E-state index contributed by atoms with van der Waals surface area (Å²) in [6.45, 7) is 4.93.